The summed E-state index contributed by atoms with van der Waals surface area (Å²) in [6.45, 7) is 13.5. The van der Waals surface area contributed by atoms with E-state index in [1.807, 2.05) is 6.08 Å². The molecule has 0 radical (unpaired) electrons. The van der Waals surface area contributed by atoms with Crippen LogP contribution in [0.25, 0.3) is 0 Å². The second-order valence-corrected chi connectivity index (χ2v) is 10.5. The molecule has 3 saturated carbocycles. The number of carbonyl (C=O) groups is 1. The highest BCUT2D eigenvalue weighted by Gasteiger charge is 2.59. The quantitative estimate of drug-likeness (QED) is 0.635. The third-order valence-electron chi connectivity index (χ3n) is 9.54. The van der Waals surface area contributed by atoms with Crippen LogP contribution in [0.5, 0.6) is 0 Å². The second kappa shape index (κ2) is 7.87. The van der Waals surface area contributed by atoms with Gasteiger partial charge in [0, 0.05) is 12.0 Å². The molecule has 0 spiro atoms. The molecule has 0 bridgehead atoms. The predicted molar refractivity (Wildman–Crippen MR) is 114 cm³/mol. The lowest BCUT2D eigenvalue weighted by Crippen LogP contribution is -2.54. The Kier molecular flexibility index (Phi) is 5.79. The number of ether oxygens (including phenoxy) is 1. The zero-order chi connectivity index (χ0) is 19.9. The van der Waals surface area contributed by atoms with Crippen LogP contribution in [0, 0.1) is 34.5 Å². The topological polar surface area (TPSA) is 29.5 Å². The SMILES string of the molecule is CCN(CC)CCO[C@H]1CC[C@@]2(C)C(CC[C@@H]3[C@@H]2CC[C@]2(C)C(=O)C=C[C@@H]32)C1. The maximum absolute atomic E-state index is 12.5. The van der Waals surface area contributed by atoms with Crippen LogP contribution in [0.4, 0.5) is 0 Å². The van der Waals surface area contributed by atoms with Crippen LogP contribution in [-0.2, 0) is 9.53 Å². The van der Waals surface area contributed by atoms with Crippen molar-refractivity contribution in [2.45, 2.75) is 78.7 Å². The van der Waals surface area contributed by atoms with Crippen molar-refractivity contribution >= 4 is 5.78 Å². The molecule has 4 rings (SSSR count). The van der Waals surface area contributed by atoms with Gasteiger partial charge in [0.15, 0.2) is 5.78 Å². The molecule has 3 fully saturated rings. The summed E-state index contributed by atoms with van der Waals surface area (Å²) in [4.78, 5) is 14.9. The summed E-state index contributed by atoms with van der Waals surface area (Å²) in [6.07, 6.45) is 13.5. The van der Waals surface area contributed by atoms with Gasteiger partial charge in [-0.3, -0.25) is 4.79 Å². The fourth-order valence-electron chi connectivity index (χ4n) is 7.53. The molecular formula is C25H41NO2. The van der Waals surface area contributed by atoms with Gasteiger partial charge in [0.1, 0.15) is 0 Å². The predicted octanol–water partition coefficient (Wildman–Crippen LogP) is 5.10. The van der Waals surface area contributed by atoms with Gasteiger partial charge in [0.25, 0.3) is 0 Å². The molecule has 0 aromatic carbocycles. The first-order valence-electron chi connectivity index (χ1n) is 12.0. The van der Waals surface area contributed by atoms with E-state index in [9.17, 15) is 4.79 Å². The van der Waals surface area contributed by atoms with Crippen molar-refractivity contribution < 1.29 is 9.53 Å². The average Bonchev–Trinajstić information content (AvgIpc) is 3.00. The molecule has 3 nitrogen and oxygen atoms in total. The van der Waals surface area contributed by atoms with E-state index in [1.54, 1.807) is 0 Å². The van der Waals surface area contributed by atoms with Gasteiger partial charge in [-0.1, -0.05) is 33.8 Å². The first kappa shape index (κ1) is 20.6. The van der Waals surface area contributed by atoms with Gasteiger partial charge in [-0.25, -0.2) is 0 Å². The van der Waals surface area contributed by atoms with Crippen LogP contribution < -0.4 is 0 Å². The largest absolute Gasteiger partial charge is 0.377 e. The molecule has 28 heavy (non-hydrogen) atoms. The van der Waals surface area contributed by atoms with Crippen LogP contribution in [0.2, 0.25) is 0 Å². The molecule has 7 atom stereocenters. The maximum Gasteiger partial charge on any atom is 0.161 e. The lowest BCUT2D eigenvalue weighted by Gasteiger charge is -2.60. The smallest absolute Gasteiger partial charge is 0.161 e. The zero-order valence-electron chi connectivity index (χ0n) is 18.6. The Morgan fingerprint density at radius 2 is 1.89 bits per heavy atom. The van der Waals surface area contributed by atoms with E-state index in [4.69, 9.17) is 4.74 Å². The standard InChI is InChI=1S/C25H41NO2/c1-5-26(6-2)15-16-28-19-11-13-24(3)18(17-19)7-8-20-21-9-10-23(27)25(21,4)14-12-22(20)24/h9-10,18-22H,5-8,11-17H2,1-4H3/t18?,19-,20-,21-,22-,24-,25-/m0/s1. The van der Waals surface area contributed by atoms with Crippen LogP contribution in [0.3, 0.4) is 0 Å². The first-order chi connectivity index (χ1) is 13.4. The van der Waals surface area contributed by atoms with Gasteiger partial charge in [0.2, 0.25) is 0 Å². The number of hydrogen-bond donors (Lipinski definition) is 0. The van der Waals surface area contributed by atoms with E-state index in [1.165, 1.54) is 38.5 Å². The van der Waals surface area contributed by atoms with Gasteiger partial charge in [-0.05, 0) is 93.2 Å². The second-order valence-electron chi connectivity index (χ2n) is 10.5. The van der Waals surface area contributed by atoms with E-state index >= 15 is 0 Å². The highest BCUT2D eigenvalue weighted by Crippen LogP contribution is 2.64. The summed E-state index contributed by atoms with van der Waals surface area (Å²) < 4.78 is 6.35. The molecule has 0 amide bonds. The van der Waals surface area contributed by atoms with E-state index < -0.39 is 0 Å². The summed E-state index contributed by atoms with van der Waals surface area (Å²) in [5.74, 6) is 3.24. The van der Waals surface area contributed by atoms with Crippen LogP contribution in [0.15, 0.2) is 12.2 Å². The summed E-state index contributed by atoms with van der Waals surface area (Å²) in [7, 11) is 0. The van der Waals surface area contributed by atoms with Crippen LogP contribution in [-0.4, -0.2) is 43.0 Å². The third kappa shape index (κ3) is 3.31. The molecule has 0 aliphatic heterocycles. The van der Waals surface area contributed by atoms with Gasteiger partial charge in [-0.15, -0.1) is 0 Å². The summed E-state index contributed by atoms with van der Waals surface area (Å²) >= 11 is 0. The number of rotatable bonds is 6. The lowest BCUT2D eigenvalue weighted by atomic mass is 9.45. The molecule has 0 aromatic rings. The average molecular weight is 388 g/mol. The molecule has 0 heterocycles. The third-order valence-corrected chi connectivity index (χ3v) is 9.54. The summed E-state index contributed by atoms with van der Waals surface area (Å²) in [6, 6.07) is 0. The molecule has 4 aliphatic rings. The number of nitrogens with zero attached hydrogens (tertiary/aromatic N) is 1. The highest BCUT2D eigenvalue weighted by atomic mass is 16.5. The molecule has 0 N–H and O–H groups in total. The van der Waals surface area contributed by atoms with E-state index in [0.717, 1.165) is 50.4 Å². The number of allylic oxidation sites excluding steroid dienone is 2. The van der Waals surface area contributed by atoms with Crippen molar-refractivity contribution in [1.29, 1.82) is 0 Å². The van der Waals surface area contributed by atoms with Crippen LogP contribution in [0.1, 0.15) is 72.6 Å². The number of likely N-dealkylation sites (N-methyl/N-ethyl adjacent to an activating group) is 1. The van der Waals surface area contributed by atoms with Gasteiger partial charge < -0.3 is 9.64 Å². The minimum Gasteiger partial charge on any atom is -0.377 e. The normalized spacial score (nSPS) is 45.0. The van der Waals surface area contributed by atoms with Crippen molar-refractivity contribution in [3.8, 4) is 0 Å². The number of fused-ring (bicyclic) bond motifs is 5. The number of carbonyl (C=O) groups excluding carboxylic acids is 1. The van der Waals surface area contributed by atoms with Gasteiger partial charge in [-0.2, -0.15) is 0 Å². The molecule has 158 valence electrons. The Bertz CT molecular complexity index is 612. The van der Waals surface area contributed by atoms with Gasteiger partial charge in [0.05, 0.1) is 12.7 Å². The Labute approximate surface area is 172 Å². The minimum atomic E-state index is -0.0882. The molecule has 3 heteroatoms. The lowest BCUT2D eigenvalue weighted by molar-refractivity contribution is -0.142. The minimum absolute atomic E-state index is 0.0882. The monoisotopic (exact) mass is 387 g/mol. The molecule has 1 unspecified atom stereocenters. The number of hydrogen-bond acceptors (Lipinski definition) is 3. The highest BCUT2D eigenvalue weighted by molar-refractivity contribution is 5.97. The fraction of sp³-hybridized carbons (Fsp3) is 0.880. The zero-order valence-corrected chi connectivity index (χ0v) is 18.6. The summed E-state index contributed by atoms with van der Waals surface area (Å²) in [5, 5.41) is 0. The molecule has 4 aliphatic carbocycles. The maximum atomic E-state index is 12.5. The van der Waals surface area contributed by atoms with E-state index in [-0.39, 0.29) is 5.41 Å². The molecule has 0 saturated heterocycles. The Balaban J connectivity index is 1.38. The Morgan fingerprint density at radius 3 is 2.64 bits per heavy atom. The van der Waals surface area contributed by atoms with Crippen molar-refractivity contribution in [3.05, 3.63) is 12.2 Å². The van der Waals surface area contributed by atoms with Crippen LogP contribution >= 0.6 is 0 Å². The van der Waals surface area contributed by atoms with E-state index in [0.29, 0.717) is 23.2 Å². The van der Waals surface area contributed by atoms with E-state index in [2.05, 4.69) is 38.7 Å². The van der Waals surface area contributed by atoms with Crippen molar-refractivity contribution in [2.24, 2.45) is 34.5 Å². The van der Waals surface area contributed by atoms with Gasteiger partial charge >= 0.3 is 0 Å². The van der Waals surface area contributed by atoms with Crippen molar-refractivity contribution in [2.75, 3.05) is 26.2 Å². The van der Waals surface area contributed by atoms with Crippen molar-refractivity contribution in [3.63, 3.8) is 0 Å². The Morgan fingerprint density at radius 1 is 1.11 bits per heavy atom. The Hall–Kier alpha value is -0.670. The first-order valence-corrected chi connectivity index (χ1v) is 12.0. The fourth-order valence-corrected chi connectivity index (χ4v) is 7.53. The molecule has 0 aromatic heterocycles. The summed E-state index contributed by atoms with van der Waals surface area (Å²) in [5.41, 5.74) is 0.373. The van der Waals surface area contributed by atoms with Crippen molar-refractivity contribution in [1.82, 2.24) is 4.90 Å². The number of ketones is 1. The molecular weight excluding hydrogens is 346 g/mol.